The minimum absolute atomic E-state index is 0. The fourth-order valence-electron chi connectivity index (χ4n) is 2.22. The molecular weight excluding hydrogens is 397 g/mol. The molecule has 0 bridgehead atoms. The number of halogens is 1. The number of benzene rings is 1. The Kier molecular flexibility index (Phi) is 7.57. The molecular formula is C15H24IN3O3. The summed E-state index contributed by atoms with van der Waals surface area (Å²) in [7, 11) is 2.99. The van der Waals surface area contributed by atoms with Crippen molar-refractivity contribution in [2.24, 2.45) is 16.6 Å². The fourth-order valence-corrected chi connectivity index (χ4v) is 2.22. The molecule has 1 fully saturated rings. The molecule has 0 saturated heterocycles. The third-order valence-electron chi connectivity index (χ3n) is 3.77. The molecule has 0 amide bonds. The highest BCUT2D eigenvalue weighted by atomic mass is 127. The molecule has 0 unspecified atom stereocenters. The van der Waals surface area contributed by atoms with Crippen LogP contribution in [0.5, 0.6) is 17.2 Å². The van der Waals surface area contributed by atoms with Gasteiger partial charge in [-0.3, -0.25) is 0 Å². The van der Waals surface area contributed by atoms with Crippen LogP contribution in [0.3, 0.4) is 0 Å². The number of nitrogens with zero attached hydrogens (tertiary/aromatic N) is 1. The Morgan fingerprint density at radius 2 is 1.91 bits per heavy atom. The number of hydrogen-bond acceptors (Lipinski definition) is 4. The van der Waals surface area contributed by atoms with E-state index >= 15 is 0 Å². The first-order valence-corrected chi connectivity index (χ1v) is 7.11. The van der Waals surface area contributed by atoms with Crippen LogP contribution in [0, 0.1) is 5.92 Å². The predicted molar refractivity (Wildman–Crippen MR) is 97.3 cm³/mol. The van der Waals surface area contributed by atoms with Crippen LogP contribution in [-0.4, -0.2) is 31.8 Å². The summed E-state index contributed by atoms with van der Waals surface area (Å²) in [5.74, 6) is 1.88. The van der Waals surface area contributed by atoms with Gasteiger partial charge in [-0.2, -0.15) is 0 Å². The van der Waals surface area contributed by atoms with Gasteiger partial charge < -0.3 is 25.6 Å². The lowest BCUT2D eigenvalue weighted by molar-refractivity contribution is 0.315. The lowest BCUT2D eigenvalue weighted by atomic mass is 9.85. The summed E-state index contributed by atoms with van der Waals surface area (Å²) < 4.78 is 10.2. The number of ether oxygens (including phenoxy) is 2. The molecule has 22 heavy (non-hydrogen) atoms. The Hall–Kier alpha value is -1.38. The van der Waals surface area contributed by atoms with Crippen LogP contribution >= 0.6 is 24.0 Å². The number of aromatic hydroxyl groups is 1. The molecule has 4 N–H and O–H groups in total. The second-order valence-electron chi connectivity index (χ2n) is 5.23. The Labute approximate surface area is 148 Å². The zero-order valence-corrected chi connectivity index (χ0v) is 15.3. The molecule has 124 valence electrons. The molecule has 0 spiro atoms. The summed E-state index contributed by atoms with van der Waals surface area (Å²) in [5.41, 5.74) is 6.70. The topological polar surface area (TPSA) is 89.1 Å². The largest absolute Gasteiger partial charge is 0.502 e. The highest BCUT2D eigenvalue weighted by Gasteiger charge is 2.16. The van der Waals surface area contributed by atoms with Crippen LogP contribution in [-0.2, 0) is 6.54 Å². The molecule has 0 radical (unpaired) electrons. The number of aliphatic imine (C=N–C) groups is 1. The van der Waals surface area contributed by atoms with Gasteiger partial charge in [0.05, 0.1) is 20.8 Å². The lowest BCUT2D eigenvalue weighted by Gasteiger charge is -2.25. The molecule has 0 aliphatic heterocycles. The number of hydrogen-bond donors (Lipinski definition) is 3. The molecule has 0 heterocycles. The average Bonchev–Trinajstić information content (AvgIpc) is 2.44. The number of phenolic OH excluding ortho intramolecular Hbond substituents is 1. The van der Waals surface area contributed by atoms with Crippen molar-refractivity contribution in [2.45, 2.75) is 25.8 Å². The number of methoxy groups -OCH3 is 2. The van der Waals surface area contributed by atoms with Crippen LogP contribution in [0.1, 0.15) is 24.8 Å². The summed E-state index contributed by atoms with van der Waals surface area (Å²) in [6, 6.07) is 3.45. The van der Waals surface area contributed by atoms with Gasteiger partial charge in [-0.15, -0.1) is 24.0 Å². The molecule has 1 aromatic carbocycles. The van der Waals surface area contributed by atoms with E-state index in [9.17, 15) is 5.11 Å². The minimum Gasteiger partial charge on any atom is -0.502 e. The Bertz CT molecular complexity index is 494. The molecule has 1 aliphatic carbocycles. The third-order valence-corrected chi connectivity index (χ3v) is 3.77. The van der Waals surface area contributed by atoms with E-state index in [4.69, 9.17) is 15.2 Å². The maximum Gasteiger partial charge on any atom is 0.200 e. The van der Waals surface area contributed by atoms with E-state index in [0.29, 0.717) is 24.0 Å². The molecule has 0 aromatic heterocycles. The van der Waals surface area contributed by atoms with Gasteiger partial charge in [-0.25, -0.2) is 4.99 Å². The van der Waals surface area contributed by atoms with Crippen molar-refractivity contribution >= 4 is 29.9 Å². The van der Waals surface area contributed by atoms with Gasteiger partial charge in [0.15, 0.2) is 17.5 Å². The minimum atomic E-state index is -0.0104. The molecule has 0 atom stereocenters. The quantitative estimate of drug-likeness (QED) is 0.373. The Balaban J connectivity index is 0.00000242. The molecule has 2 rings (SSSR count). The monoisotopic (exact) mass is 421 g/mol. The normalized spacial score (nSPS) is 14.7. The van der Waals surface area contributed by atoms with Gasteiger partial charge in [-0.1, -0.05) is 6.42 Å². The summed E-state index contributed by atoms with van der Waals surface area (Å²) in [4.78, 5) is 4.30. The van der Waals surface area contributed by atoms with E-state index in [-0.39, 0.29) is 29.7 Å². The van der Waals surface area contributed by atoms with Crippen molar-refractivity contribution in [3.05, 3.63) is 17.7 Å². The van der Waals surface area contributed by atoms with Crippen molar-refractivity contribution < 1.29 is 14.6 Å². The van der Waals surface area contributed by atoms with Crippen molar-refractivity contribution in [1.82, 2.24) is 5.32 Å². The maximum absolute atomic E-state index is 9.85. The highest BCUT2D eigenvalue weighted by molar-refractivity contribution is 14.0. The molecule has 1 aliphatic rings. The van der Waals surface area contributed by atoms with E-state index in [0.717, 1.165) is 18.0 Å². The zero-order valence-electron chi connectivity index (χ0n) is 13.0. The number of nitrogens with one attached hydrogen (secondary N) is 1. The van der Waals surface area contributed by atoms with Gasteiger partial charge >= 0.3 is 0 Å². The van der Waals surface area contributed by atoms with Gasteiger partial charge in [-0.05, 0) is 36.5 Å². The van der Waals surface area contributed by atoms with E-state index in [2.05, 4.69) is 10.3 Å². The summed E-state index contributed by atoms with van der Waals surface area (Å²) in [5, 5.41) is 13.0. The van der Waals surface area contributed by atoms with Crippen LogP contribution in [0.4, 0.5) is 0 Å². The number of nitrogens with two attached hydrogens (primary N) is 1. The van der Waals surface area contributed by atoms with Crippen molar-refractivity contribution in [2.75, 3.05) is 20.8 Å². The van der Waals surface area contributed by atoms with Gasteiger partial charge in [0, 0.05) is 6.54 Å². The first-order chi connectivity index (χ1) is 10.1. The SMILES string of the molecule is COc1cc(CN=C(N)NCC2CCC2)cc(OC)c1O.I. The smallest absolute Gasteiger partial charge is 0.200 e. The summed E-state index contributed by atoms with van der Waals surface area (Å²) in [6.45, 7) is 1.29. The van der Waals surface area contributed by atoms with Crippen LogP contribution in [0.15, 0.2) is 17.1 Å². The molecule has 1 aromatic rings. The van der Waals surface area contributed by atoms with Crippen molar-refractivity contribution in [3.63, 3.8) is 0 Å². The van der Waals surface area contributed by atoms with Crippen molar-refractivity contribution in [3.8, 4) is 17.2 Å². The molecule has 7 heteroatoms. The lowest BCUT2D eigenvalue weighted by Crippen LogP contribution is -2.37. The van der Waals surface area contributed by atoms with E-state index in [1.165, 1.54) is 33.5 Å². The second kappa shape index (κ2) is 8.92. The number of rotatable bonds is 6. The third kappa shape index (κ3) is 4.82. The van der Waals surface area contributed by atoms with Gasteiger partial charge in [0.1, 0.15) is 0 Å². The van der Waals surface area contributed by atoms with E-state index in [1.807, 2.05) is 0 Å². The summed E-state index contributed by atoms with van der Waals surface area (Å²) in [6.07, 6.45) is 3.86. The first kappa shape index (κ1) is 18.7. The van der Waals surface area contributed by atoms with Crippen molar-refractivity contribution in [1.29, 1.82) is 0 Å². The van der Waals surface area contributed by atoms with Crippen LogP contribution in [0.25, 0.3) is 0 Å². The average molecular weight is 421 g/mol. The van der Waals surface area contributed by atoms with Gasteiger partial charge in [0.2, 0.25) is 5.75 Å². The Morgan fingerprint density at radius 3 is 2.36 bits per heavy atom. The Morgan fingerprint density at radius 1 is 1.32 bits per heavy atom. The maximum atomic E-state index is 9.85. The number of phenols is 1. The highest BCUT2D eigenvalue weighted by Crippen LogP contribution is 2.37. The number of guanidine groups is 1. The second-order valence-corrected chi connectivity index (χ2v) is 5.23. The zero-order chi connectivity index (χ0) is 15.2. The summed E-state index contributed by atoms with van der Waals surface area (Å²) >= 11 is 0. The van der Waals surface area contributed by atoms with Gasteiger partial charge in [0.25, 0.3) is 0 Å². The van der Waals surface area contributed by atoms with E-state index in [1.54, 1.807) is 12.1 Å². The molecule has 1 saturated carbocycles. The fraction of sp³-hybridized carbons (Fsp3) is 0.533. The van der Waals surface area contributed by atoms with Crippen LogP contribution in [0.2, 0.25) is 0 Å². The predicted octanol–water partition coefficient (Wildman–Crippen LogP) is 2.23. The van der Waals surface area contributed by atoms with Crippen LogP contribution < -0.4 is 20.5 Å². The van der Waals surface area contributed by atoms with E-state index < -0.39 is 0 Å². The molecule has 6 nitrogen and oxygen atoms in total. The first-order valence-electron chi connectivity index (χ1n) is 7.11. The standard InChI is InChI=1S/C15H23N3O3.HI/c1-20-12-6-11(7-13(21-2)14(12)19)9-18-15(16)17-8-10-4-3-5-10;/h6-7,10,19H,3-5,8-9H2,1-2H3,(H3,16,17,18);1H.